The van der Waals surface area contributed by atoms with Crippen molar-refractivity contribution in [2.45, 2.75) is 25.9 Å². The third-order valence-corrected chi connectivity index (χ3v) is 2.69. The molecule has 1 aromatic rings. The number of hydrogen-bond donors (Lipinski definition) is 2. The minimum absolute atomic E-state index is 0.0463. The lowest BCUT2D eigenvalue weighted by Crippen LogP contribution is -2.46. The predicted molar refractivity (Wildman–Crippen MR) is 63.7 cm³/mol. The van der Waals surface area contributed by atoms with E-state index in [0.29, 0.717) is 19.2 Å². The lowest BCUT2D eigenvalue weighted by atomic mass is 10.1. The lowest BCUT2D eigenvalue weighted by molar-refractivity contribution is -0.119. The van der Waals surface area contributed by atoms with Crippen LogP contribution in [-0.4, -0.2) is 30.1 Å². The van der Waals surface area contributed by atoms with Crippen LogP contribution in [-0.2, 0) is 11.3 Å². The van der Waals surface area contributed by atoms with Gasteiger partial charge in [0.15, 0.2) is 0 Å². The second-order valence-electron chi connectivity index (χ2n) is 4.19. The molecule has 2 N–H and O–H groups in total. The van der Waals surface area contributed by atoms with Crippen LogP contribution in [0.3, 0.4) is 0 Å². The smallest absolute Gasteiger partial charge is 0.217 e. The molecule has 5 nitrogen and oxygen atoms in total. The van der Waals surface area contributed by atoms with Crippen molar-refractivity contribution in [2.75, 3.05) is 13.2 Å². The maximum Gasteiger partial charge on any atom is 0.217 e. The predicted octanol–water partition coefficient (Wildman–Crippen LogP) is 0.458. The van der Waals surface area contributed by atoms with E-state index in [-0.39, 0.29) is 5.91 Å². The van der Waals surface area contributed by atoms with Gasteiger partial charge in [-0.2, -0.15) is 0 Å². The molecule has 1 aliphatic heterocycles. The molecule has 1 aliphatic rings. The van der Waals surface area contributed by atoms with Gasteiger partial charge in [0.25, 0.3) is 0 Å². The molecule has 5 heteroatoms. The molecule has 0 aliphatic carbocycles. The zero-order chi connectivity index (χ0) is 12.1. The van der Waals surface area contributed by atoms with E-state index in [1.54, 1.807) is 12.4 Å². The molecule has 92 valence electrons. The van der Waals surface area contributed by atoms with Crippen molar-refractivity contribution in [3.05, 3.63) is 24.0 Å². The van der Waals surface area contributed by atoms with Crippen LogP contribution in [0.15, 0.2) is 18.5 Å². The minimum Gasteiger partial charge on any atom is -0.490 e. The fourth-order valence-electron chi connectivity index (χ4n) is 1.55. The lowest BCUT2D eigenvalue weighted by Gasteiger charge is -2.27. The first-order chi connectivity index (χ1) is 8.24. The summed E-state index contributed by atoms with van der Waals surface area (Å²) >= 11 is 0. The highest BCUT2D eigenvalue weighted by Crippen LogP contribution is 2.13. The number of hydrogen-bond acceptors (Lipinski definition) is 4. The summed E-state index contributed by atoms with van der Waals surface area (Å²) in [6.07, 6.45) is 4.58. The summed E-state index contributed by atoms with van der Waals surface area (Å²) in [6, 6.07) is 2.37. The maximum absolute atomic E-state index is 10.8. The van der Waals surface area contributed by atoms with Crippen LogP contribution in [0, 0.1) is 0 Å². The molecular weight excluding hydrogens is 218 g/mol. The molecule has 17 heavy (non-hydrogen) atoms. The number of ether oxygens (including phenoxy) is 1. The molecule has 1 aromatic heterocycles. The van der Waals surface area contributed by atoms with Crippen molar-refractivity contribution >= 4 is 5.91 Å². The second kappa shape index (κ2) is 5.63. The Morgan fingerprint density at radius 3 is 3.12 bits per heavy atom. The highest BCUT2D eigenvalue weighted by Gasteiger charge is 2.16. The molecule has 1 saturated heterocycles. The van der Waals surface area contributed by atoms with Crippen molar-refractivity contribution in [3.8, 4) is 5.75 Å². The van der Waals surface area contributed by atoms with E-state index >= 15 is 0 Å². The van der Waals surface area contributed by atoms with Gasteiger partial charge in [-0.15, -0.1) is 0 Å². The summed E-state index contributed by atoms with van der Waals surface area (Å²) < 4.78 is 5.62. The van der Waals surface area contributed by atoms with Gasteiger partial charge in [0.05, 0.1) is 6.20 Å². The van der Waals surface area contributed by atoms with Crippen LogP contribution in [0.2, 0.25) is 0 Å². The third kappa shape index (κ3) is 3.71. The number of aromatic nitrogens is 1. The number of amides is 1. The Balaban J connectivity index is 1.84. The van der Waals surface area contributed by atoms with Gasteiger partial charge in [-0.05, 0) is 24.6 Å². The quantitative estimate of drug-likeness (QED) is 0.778. The maximum atomic E-state index is 10.8. The van der Waals surface area contributed by atoms with E-state index < -0.39 is 0 Å². The van der Waals surface area contributed by atoms with Crippen LogP contribution >= 0.6 is 0 Å². The molecule has 0 radical (unpaired) electrons. The molecule has 2 heterocycles. The van der Waals surface area contributed by atoms with Crippen LogP contribution in [0.5, 0.6) is 5.75 Å². The molecule has 1 fully saturated rings. The number of rotatable bonds is 5. The van der Waals surface area contributed by atoms with E-state index in [1.165, 1.54) is 13.3 Å². The first kappa shape index (κ1) is 11.9. The van der Waals surface area contributed by atoms with E-state index in [2.05, 4.69) is 15.6 Å². The molecule has 0 saturated carbocycles. The zero-order valence-corrected chi connectivity index (χ0v) is 9.90. The van der Waals surface area contributed by atoms with E-state index in [4.69, 9.17) is 4.74 Å². The first-order valence-electron chi connectivity index (χ1n) is 5.78. The van der Waals surface area contributed by atoms with E-state index in [1.807, 2.05) is 6.07 Å². The number of carbonyl (C=O) groups excluding carboxylic acids is 1. The van der Waals surface area contributed by atoms with Gasteiger partial charge in [-0.3, -0.25) is 9.78 Å². The van der Waals surface area contributed by atoms with Gasteiger partial charge in [-0.1, -0.05) is 0 Å². The number of carbonyl (C=O) groups is 1. The normalized spacial score (nSPS) is 18.3. The Kier molecular flexibility index (Phi) is 3.93. The Hall–Kier alpha value is -1.62. The van der Waals surface area contributed by atoms with Crippen molar-refractivity contribution in [2.24, 2.45) is 0 Å². The molecule has 1 atom stereocenters. The van der Waals surface area contributed by atoms with Crippen LogP contribution in [0.4, 0.5) is 0 Å². The van der Waals surface area contributed by atoms with E-state index in [9.17, 15) is 4.79 Å². The average molecular weight is 235 g/mol. The Morgan fingerprint density at radius 1 is 1.65 bits per heavy atom. The van der Waals surface area contributed by atoms with Gasteiger partial charge in [-0.25, -0.2) is 0 Å². The summed E-state index contributed by atoms with van der Waals surface area (Å²) in [5, 5.41) is 6.00. The fraction of sp³-hybridized carbons (Fsp3) is 0.500. The number of nitrogens with zero attached hydrogens (tertiary/aromatic N) is 1. The first-order valence-corrected chi connectivity index (χ1v) is 5.78. The molecule has 2 rings (SSSR count). The zero-order valence-electron chi connectivity index (χ0n) is 9.90. The van der Waals surface area contributed by atoms with Gasteiger partial charge >= 0.3 is 0 Å². The summed E-state index contributed by atoms with van der Waals surface area (Å²) in [5.74, 6) is 0.705. The molecule has 0 spiro atoms. The third-order valence-electron chi connectivity index (χ3n) is 2.69. The Labute approximate surface area is 101 Å². The Morgan fingerprint density at radius 2 is 2.47 bits per heavy atom. The molecule has 1 amide bonds. The topological polar surface area (TPSA) is 63.2 Å². The standard InChI is InChI=1S/C12H17N3O2/c1-9(16)15-6-10-4-12(7-13-5-10)17-8-11-2-3-14-11/h4-5,7,11,14H,2-3,6,8H2,1H3,(H,15,16)/t11-/m0/s1. The summed E-state index contributed by atoms with van der Waals surface area (Å²) in [5.41, 5.74) is 0.944. The van der Waals surface area contributed by atoms with Crippen molar-refractivity contribution in [1.29, 1.82) is 0 Å². The molecule has 0 bridgehead atoms. The van der Waals surface area contributed by atoms with Gasteiger partial charge in [0, 0.05) is 25.7 Å². The number of pyridine rings is 1. The SMILES string of the molecule is CC(=O)NCc1cncc(OC[C@@H]2CCN2)c1. The number of nitrogens with one attached hydrogen (secondary N) is 2. The molecular formula is C12H17N3O2. The molecule has 0 unspecified atom stereocenters. The summed E-state index contributed by atoms with van der Waals surface area (Å²) in [6.45, 7) is 3.73. The molecule has 0 aromatic carbocycles. The monoisotopic (exact) mass is 235 g/mol. The van der Waals surface area contributed by atoms with Crippen molar-refractivity contribution < 1.29 is 9.53 Å². The highest BCUT2D eigenvalue weighted by molar-refractivity contribution is 5.72. The summed E-state index contributed by atoms with van der Waals surface area (Å²) in [4.78, 5) is 14.9. The fourth-order valence-corrected chi connectivity index (χ4v) is 1.55. The Bertz CT molecular complexity index is 391. The second-order valence-corrected chi connectivity index (χ2v) is 4.19. The largest absolute Gasteiger partial charge is 0.490 e. The average Bonchev–Trinajstić information content (AvgIpc) is 2.25. The van der Waals surface area contributed by atoms with Gasteiger partial charge in [0.1, 0.15) is 12.4 Å². The van der Waals surface area contributed by atoms with Crippen LogP contribution in [0.1, 0.15) is 18.9 Å². The van der Waals surface area contributed by atoms with Crippen LogP contribution in [0.25, 0.3) is 0 Å². The minimum atomic E-state index is -0.0463. The van der Waals surface area contributed by atoms with E-state index in [0.717, 1.165) is 17.9 Å². The highest BCUT2D eigenvalue weighted by atomic mass is 16.5. The van der Waals surface area contributed by atoms with Crippen LogP contribution < -0.4 is 15.4 Å². The van der Waals surface area contributed by atoms with Crippen molar-refractivity contribution in [1.82, 2.24) is 15.6 Å². The van der Waals surface area contributed by atoms with Gasteiger partial charge < -0.3 is 15.4 Å². The van der Waals surface area contributed by atoms with Gasteiger partial charge in [0.2, 0.25) is 5.91 Å². The van der Waals surface area contributed by atoms with Crippen molar-refractivity contribution in [3.63, 3.8) is 0 Å². The summed E-state index contributed by atoms with van der Waals surface area (Å²) in [7, 11) is 0.